The monoisotopic (exact) mass is 433 g/mol. The number of primary amides is 1. The number of hydrogen-bond acceptors (Lipinski definition) is 6. The van der Waals surface area contributed by atoms with Crippen LogP contribution < -0.4 is 10.5 Å². The molecule has 0 saturated heterocycles. The van der Waals surface area contributed by atoms with Gasteiger partial charge in [0.25, 0.3) is 0 Å². The zero-order valence-electron chi connectivity index (χ0n) is 14.4. The summed E-state index contributed by atoms with van der Waals surface area (Å²) in [5.41, 5.74) is 5.83. The highest BCUT2D eigenvalue weighted by atomic mass is 35.5. The van der Waals surface area contributed by atoms with Crippen LogP contribution in [0.1, 0.15) is 25.1 Å². The van der Waals surface area contributed by atoms with E-state index in [0.717, 1.165) is 0 Å². The van der Waals surface area contributed by atoms with E-state index in [1.807, 2.05) is 13.8 Å². The van der Waals surface area contributed by atoms with E-state index in [0.29, 0.717) is 32.6 Å². The third-order valence-electron chi connectivity index (χ3n) is 3.08. The normalized spacial score (nSPS) is 11.9. The lowest BCUT2D eigenvalue weighted by Gasteiger charge is -2.08. The van der Waals surface area contributed by atoms with Crippen molar-refractivity contribution >= 4 is 45.5 Å². The van der Waals surface area contributed by atoms with Crippen molar-refractivity contribution in [2.45, 2.75) is 26.5 Å². The lowest BCUT2D eigenvalue weighted by atomic mass is 10.2. The van der Waals surface area contributed by atoms with Crippen molar-refractivity contribution in [3.8, 4) is 5.88 Å². The van der Waals surface area contributed by atoms with Crippen molar-refractivity contribution in [1.82, 2.24) is 9.78 Å². The topological polar surface area (TPSA) is 114 Å². The van der Waals surface area contributed by atoms with Gasteiger partial charge in [0.2, 0.25) is 5.88 Å². The van der Waals surface area contributed by atoms with Crippen LogP contribution in [-0.2, 0) is 20.8 Å². The third kappa shape index (κ3) is 6.46. The molecule has 2 rings (SSSR count). The molecule has 146 valence electrons. The van der Waals surface area contributed by atoms with Crippen LogP contribution in [0.2, 0.25) is 10.0 Å². The summed E-state index contributed by atoms with van der Waals surface area (Å²) in [5, 5.41) is 5.92. The van der Waals surface area contributed by atoms with E-state index in [1.54, 1.807) is 24.3 Å². The Labute approximate surface area is 166 Å². The third-order valence-corrected chi connectivity index (χ3v) is 4.54. The van der Waals surface area contributed by atoms with Crippen LogP contribution in [0, 0.1) is 0 Å². The van der Waals surface area contributed by atoms with Crippen LogP contribution in [0.5, 0.6) is 5.88 Å². The molecule has 0 fully saturated rings. The van der Waals surface area contributed by atoms with E-state index in [2.05, 4.69) is 9.28 Å². The second kappa shape index (κ2) is 8.64. The number of rotatable bonds is 7. The number of aromatic nitrogens is 2. The van der Waals surface area contributed by atoms with Gasteiger partial charge < -0.3 is 14.7 Å². The van der Waals surface area contributed by atoms with E-state index >= 15 is 0 Å². The first kappa shape index (κ1) is 21.1. The second-order valence-electron chi connectivity index (χ2n) is 5.67. The molecule has 27 heavy (non-hydrogen) atoms. The van der Waals surface area contributed by atoms with Crippen LogP contribution in [0.15, 0.2) is 29.7 Å². The number of nitrogens with two attached hydrogens (primary N) is 1. The number of hydrogen-bond donors (Lipinski definition) is 1. The molecule has 1 aromatic heterocycles. The van der Waals surface area contributed by atoms with Crippen LogP contribution in [0.4, 0.5) is 4.79 Å². The maximum absolute atomic E-state index is 11.7. The number of benzene rings is 1. The van der Waals surface area contributed by atoms with E-state index in [9.17, 15) is 13.2 Å². The predicted octanol–water partition coefficient (Wildman–Crippen LogP) is 3.42. The van der Waals surface area contributed by atoms with Crippen molar-refractivity contribution in [3.05, 3.63) is 51.0 Å². The minimum absolute atomic E-state index is 0.133. The van der Waals surface area contributed by atoms with Gasteiger partial charge in [0.1, 0.15) is 0 Å². The molecule has 8 nitrogen and oxygen atoms in total. The van der Waals surface area contributed by atoms with E-state index in [4.69, 9.17) is 33.7 Å². The summed E-state index contributed by atoms with van der Waals surface area (Å²) >= 11 is 12.1. The largest absolute Gasteiger partial charge is 0.474 e. The number of carbonyl (C=O) groups excluding carboxylic acids is 1. The molecule has 0 radical (unpaired) electrons. The molecule has 0 aliphatic carbocycles. The quantitative estimate of drug-likeness (QED) is 0.668. The van der Waals surface area contributed by atoms with Crippen LogP contribution in [0.25, 0.3) is 6.08 Å². The number of halogens is 2. The van der Waals surface area contributed by atoms with Gasteiger partial charge in [-0.05, 0) is 37.6 Å². The van der Waals surface area contributed by atoms with Crippen molar-refractivity contribution in [3.63, 3.8) is 0 Å². The molecule has 11 heteroatoms. The van der Waals surface area contributed by atoms with Gasteiger partial charge in [-0.1, -0.05) is 29.3 Å². The van der Waals surface area contributed by atoms with Gasteiger partial charge in [0.05, 0.1) is 23.8 Å². The molecule has 1 aromatic carbocycles. The lowest BCUT2D eigenvalue weighted by Crippen LogP contribution is -2.17. The van der Waals surface area contributed by atoms with Crippen molar-refractivity contribution in [2.75, 3.05) is 0 Å². The zero-order chi connectivity index (χ0) is 20.2. The maximum Gasteiger partial charge on any atom is 0.420 e. The zero-order valence-corrected chi connectivity index (χ0v) is 16.8. The first-order valence-electron chi connectivity index (χ1n) is 7.66. The molecule has 0 unspecified atom stereocenters. The summed E-state index contributed by atoms with van der Waals surface area (Å²) in [4.78, 5) is 10.6. The van der Waals surface area contributed by atoms with Gasteiger partial charge >= 0.3 is 16.2 Å². The number of ether oxygens (including phenoxy) is 1. The molecule has 2 aromatic rings. The van der Waals surface area contributed by atoms with Crippen molar-refractivity contribution in [2.24, 2.45) is 5.73 Å². The fraction of sp³-hybridized carbons (Fsp3) is 0.250. The summed E-state index contributed by atoms with van der Waals surface area (Å²) < 4.78 is 34.4. The fourth-order valence-electron chi connectivity index (χ4n) is 2.07. The second-order valence-corrected chi connectivity index (χ2v) is 7.93. The molecule has 1 heterocycles. The van der Waals surface area contributed by atoms with Gasteiger partial charge in [-0.25, -0.2) is 4.79 Å². The first-order valence-corrected chi connectivity index (χ1v) is 9.89. The Bertz CT molecular complexity index is 970. The van der Waals surface area contributed by atoms with Crippen LogP contribution >= 0.6 is 23.2 Å². The number of carbonyl (C=O) groups is 1. The Morgan fingerprint density at radius 3 is 2.63 bits per heavy atom. The highest BCUT2D eigenvalue weighted by Crippen LogP contribution is 2.24. The Morgan fingerprint density at radius 2 is 2.04 bits per heavy atom. The number of nitrogens with zero attached hydrogens (tertiary/aromatic N) is 2. The van der Waals surface area contributed by atoms with E-state index in [1.165, 1.54) is 10.8 Å². The fourth-order valence-corrected chi connectivity index (χ4v) is 3.13. The predicted molar refractivity (Wildman–Crippen MR) is 102 cm³/mol. The minimum atomic E-state index is -4.28. The molecule has 1 amide bonds. The van der Waals surface area contributed by atoms with Gasteiger partial charge in [-0.15, -0.1) is 5.10 Å². The highest BCUT2D eigenvalue weighted by molar-refractivity contribution is 7.90. The van der Waals surface area contributed by atoms with Gasteiger partial charge in [0, 0.05) is 16.1 Å². The molecular formula is C16H17Cl2N3O5S. The Morgan fingerprint density at radius 1 is 1.33 bits per heavy atom. The molecular weight excluding hydrogens is 417 g/mol. The Balaban J connectivity index is 2.37. The Hall–Kier alpha value is -2.23. The standard InChI is InChI=1S/C16H17Cl2N3O5S/c1-10(2)25-15-8-13(5-6-27(23,24)26-16(19)22)21(20-15)9-11-3-4-12(17)7-14(11)18/h3-8,10H,9H2,1-2H3,(H2,19,22). The van der Waals surface area contributed by atoms with E-state index < -0.39 is 16.2 Å². The summed E-state index contributed by atoms with van der Waals surface area (Å²) in [5.74, 6) is 0.294. The molecule has 2 N–H and O–H groups in total. The van der Waals surface area contributed by atoms with Crippen molar-refractivity contribution < 1.29 is 22.1 Å². The smallest absolute Gasteiger partial charge is 0.420 e. The summed E-state index contributed by atoms with van der Waals surface area (Å²) in [6, 6.07) is 6.54. The number of amides is 1. The molecule has 0 saturated carbocycles. The van der Waals surface area contributed by atoms with Crippen LogP contribution in [-0.4, -0.2) is 30.4 Å². The van der Waals surface area contributed by atoms with E-state index in [-0.39, 0.29) is 12.6 Å². The molecule has 0 bridgehead atoms. The van der Waals surface area contributed by atoms with Gasteiger partial charge in [0.15, 0.2) is 0 Å². The van der Waals surface area contributed by atoms with Crippen molar-refractivity contribution in [1.29, 1.82) is 0 Å². The molecule has 0 aliphatic rings. The SMILES string of the molecule is CC(C)Oc1cc(C=CS(=O)(=O)OC(N)=O)n(Cc2ccc(Cl)cc2Cl)n1. The van der Waals surface area contributed by atoms with Gasteiger partial charge in [-0.2, -0.15) is 8.42 Å². The molecule has 0 atom stereocenters. The van der Waals surface area contributed by atoms with Crippen LogP contribution in [0.3, 0.4) is 0 Å². The average Bonchev–Trinajstić information content (AvgIpc) is 2.87. The highest BCUT2D eigenvalue weighted by Gasteiger charge is 2.14. The average molecular weight is 434 g/mol. The summed E-state index contributed by atoms with van der Waals surface area (Å²) in [7, 11) is -4.28. The Kier molecular flexibility index (Phi) is 6.74. The van der Waals surface area contributed by atoms with Gasteiger partial charge in [-0.3, -0.25) is 4.68 Å². The minimum Gasteiger partial charge on any atom is -0.474 e. The summed E-state index contributed by atoms with van der Waals surface area (Å²) in [6.07, 6.45) is -0.349. The molecule has 0 spiro atoms. The first-order chi connectivity index (χ1) is 12.6. The lowest BCUT2D eigenvalue weighted by molar-refractivity contribution is 0.213. The molecule has 0 aliphatic heterocycles. The summed E-state index contributed by atoms with van der Waals surface area (Å²) in [6.45, 7) is 3.89. The maximum atomic E-state index is 11.7.